The molecule has 0 atom stereocenters. The predicted octanol–water partition coefficient (Wildman–Crippen LogP) is 5.09. The third-order valence-corrected chi connectivity index (χ3v) is 5.88. The topological polar surface area (TPSA) is 49.4 Å². The summed E-state index contributed by atoms with van der Waals surface area (Å²) >= 11 is 0. The molecule has 1 aliphatic rings. The number of nitrogens with one attached hydrogen (secondary N) is 1. The van der Waals surface area contributed by atoms with Crippen molar-refractivity contribution in [2.24, 2.45) is 5.92 Å². The molecule has 0 radical (unpaired) electrons. The lowest BCUT2D eigenvalue weighted by atomic mass is 9.86. The number of carbonyl (C=O) groups excluding carboxylic acids is 2. The molecule has 1 aliphatic heterocycles. The molecule has 154 valence electrons. The van der Waals surface area contributed by atoms with Gasteiger partial charge in [0, 0.05) is 30.3 Å². The van der Waals surface area contributed by atoms with Crippen LogP contribution in [0.3, 0.4) is 0 Å². The van der Waals surface area contributed by atoms with Crippen molar-refractivity contribution in [2.45, 2.75) is 52.9 Å². The van der Waals surface area contributed by atoms with E-state index in [1.165, 1.54) is 5.56 Å². The Kier molecular flexibility index (Phi) is 6.11. The zero-order valence-electron chi connectivity index (χ0n) is 18.2. The molecule has 4 nitrogen and oxygen atoms in total. The zero-order chi connectivity index (χ0) is 21.2. The highest BCUT2D eigenvalue weighted by Crippen LogP contribution is 2.26. The van der Waals surface area contributed by atoms with E-state index >= 15 is 0 Å². The predicted molar refractivity (Wildman–Crippen MR) is 118 cm³/mol. The summed E-state index contributed by atoms with van der Waals surface area (Å²) in [4.78, 5) is 27.4. The summed E-state index contributed by atoms with van der Waals surface area (Å²) in [7, 11) is 0. The summed E-state index contributed by atoms with van der Waals surface area (Å²) in [5.41, 5.74) is 5.07. The van der Waals surface area contributed by atoms with E-state index in [1.807, 2.05) is 61.2 Å². The average molecular weight is 393 g/mol. The van der Waals surface area contributed by atoms with Crippen LogP contribution < -0.4 is 5.32 Å². The lowest BCUT2D eigenvalue weighted by Gasteiger charge is -2.31. The number of hydrogen-bond donors (Lipinski definition) is 1. The first-order valence-electron chi connectivity index (χ1n) is 10.4. The lowest BCUT2D eigenvalue weighted by Crippen LogP contribution is -2.41. The fraction of sp³-hybridized carbons (Fsp3) is 0.440. The fourth-order valence-electron chi connectivity index (χ4n) is 3.88. The lowest BCUT2D eigenvalue weighted by molar-refractivity contribution is -0.121. The summed E-state index contributed by atoms with van der Waals surface area (Å²) in [5, 5.41) is 3.10. The van der Waals surface area contributed by atoms with Gasteiger partial charge in [0.15, 0.2) is 0 Å². The number of piperidine rings is 1. The van der Waals surface area contributed by atoms with Gasteiger partial charge in [0.25, 0.3) is 5.91 Å². The van der Waals surface area contributed by atoms with Gasteiger partial charge in [0.05, 0.1) is 0 Å². The SMILES string of the molecule is Cc1cccc(C)c1NC(=O)C1CCN(C(=O)c2ccc(C(C)(C)C)cc2)CC1. The number of para-hydroxylation sites is 1. The van der Waals surface area contributed by atoms with Crippen molar-refractivity contribution in [1.82, 2.24) is 4.90 Å². The molecule has 1 saturated heterocycles. The molecule has 0 bridgehead atoms. The second kappa shape index (κ2) is 8.40. The molecule has 2 aromatic rings. The molecule has 29 heavy (non-hydrogen) atoms. The fourth-order valence-corrected chi connectivity index (χ4v) is 3.88. The third kappa shape index (κ3) is 4.87. The summed E-state index contributed by atoms with van der Waals surface area (Å²) in [5.74, 6) is 0.0596. The molecule has 0 unspecified atom stereocenters. The highest BCUT2D eigenvalue weighted by atomic mass is 16.2. The van der Waals surface area contributed by atoms with E-state index in [4.69, 9.17) is 0 Å². The zero-order valence-corrected chi connectivity index (χ0v) is 18.2. The molecule has 1 fully saturated rings. The Bertz CT molecular complexity index is 866. The van der Waals surface area contributed by atoms with Crippen molar-refractivity contribution in [3.8, 4) is 0 Å². The third-order valence-electron chi connectivity index (χ3n) is 5.88. The van der Waals surface area contributed by atoms with Crippen LogP contribution in [0.25, 0.3) is 0 Å². The smallest absolute Gasteiger partial charge is 0.253 e. The van der Waals surface area contributed by atoms with Crippen molar-refractivity contribution < 1.29 is 9.59 Å². The number of hydrogen-bond acceptors (Lipinski definition) is 2. The van der Waals surface area contributed by atoms with Crippen LogP contribution in [0.5, 0.6) is 0 Å². The van der Waals surface area contributed by atoms with Gasteiger partial charge in [-0.05, 0) is 60.9 Å². The molecule has 0 spiro atoms. The summed E-state index contributed by atoms with van der Waals surface area (Å²) < 4.78 is 0. The Morgan fingerprint density at radius 2 is 1.48 bits per heavy atom. The quantitative estimate of drug-likeness (QED) is 0.791. The van der Waals surface area contributed by atoms with Gasteiger partial charge in [-0.2, -0.15) is 0 Å². The first kappa shape index (κ1) is 21.1. The number of anilines is 1. The van der Waals surface area contributed by atoms with Crippen LogP contribution in [0.2, 0.25) is 0 Å². The van der Waals surface area contributed by atoms with Crippen LogP contribution in [0.1, 0.15) is 60.7 Å². The van der Waals surface area contributed by atoms with E-state index in [0.717, 1.165) is 22.4 Å². The number of likely N-dealkylation sites (tertiary alicyclic amines) is 1. The van der Waals surface area contributed by atoms with Crippen molar-refractivity contribution in [3.05, 3.63) is 64.7 Å². The molecule has 1 heterocycles. The Hall–Kier alpha value is -2.62. The van der Waals surface area contributed by atoms with E-state index in [2.05, 4.69) is 26.1 Å². The van der Waals surface area contributed by atoms with E-state index in [0.29, 0.717) is 25.9 Å². The minimum Gasteiger partial charge on any atom is -0.339 e. The van der Waals surface area contributed by atoms with E-state index < -0.39 is 0 Å². The first-order valence-corrected chi connectivity index (χ1v) is 10.4. The van der Waals surface area contributed by atoms with Gasteiger partial charge in [-0.1, -0.05) is 51.1 Å². The maximum atomic E-state index is 12.8. The maximum absolute atomic E-state index is 12.8. The van der Waals surface area contributed by atoms with Gasteiger partial charge in [0.1, 0.15) is 0 Å². The van der Waals surface area contributed by atoms with E-state index in [1.54, 1.807) is 0 Å². The Balaban J connectivity index is 1.58. The van der Waals surface area contributed by atoms with Gasteiger partial charge in [0.2, 0.25) is 5.91 Å². The molecule has 1 N–H and O–H groups in total. The first-order chi connectivity index (χ1) is 13.7. The Morgan fingerprint density at radius 3 is 2.00 bits per heavy atom. The van der Waals surface area contributed by atoms with Crippen molar-refractivity contribution >= 4 is 17.5 Å². The molecule has 0 saturated carbocycles. The Labute approximate surface area is 174 Å². The number of carbonyl (C=O) groups is 2. The second-order valence-electron chi connectivity index (χ2n) is 9.15. The summed E-state index contributed by atoms with van der Waals surface area (Å²) in [6, 6.07) is 13.9. The van der Waals surface area contributed by atoms with Crippen LogP contribution >= 0.6 is 0 Å². The van der Waals surface area contributed by atoms with Gasteiger partial charge in [-0.15, -0.1) is 0 Å². The molecule has 4 heteroatoms. The summed E-state index contributed by atoms with van der Waals surface area (Å²) in [6.45, 7) is 11.7. The number of benzene rings is 2. The minimum absolute atomic E-state index is 0.0543. The molecular weight excluding hydrogens is 360 g/mol. The largest absolute Gasteiger partial charge is 0.339 e. The Morgan fingerprint density at radius 1 is 0.931 bits per heavy atom. The van der Waals surface area contributed by atoms with E-state index in [9.17, 15) is 9.59 Å². The number of rotatable bonds is 3. The standard InChI is InChI=1S/C25H32N2O2/c1-17-7-6-8-18(2)22(17)26-23(28)19-13-15-27(16-14-19)24(29)20-9-11-21(12-10-20)25(3,4)5/h6-12,19H,13-16H2,1-5H3,(H,26,28). The minimum atomic E-state index is -0.0543. The van der Waals surface area contributed by atoms with Gasteiger partial charge in [-0.25, -0.2) is 0 Å². The van der Waals surface area contributed by atoms with Crippen molar-refractivity contribution in [1.29, 1.82) is 0 Å². The number of aryl methyl sites for hydroxylation is 2. The van der Waals surface area contributed by atoms with Crippen molar-refractivity contribution in [2.75, 3.05) is 18.4 Å². The monoisotopic (exact) mass is 392 g/mol. The van der Waals surface area contributed by atoms with Gasteiger partial charge < -0.3 is 10.2 Å². The maximum Gasteiger partial charge on any atom is 0.253 e. The molecule has 3 rings (SSSR count). The normalized spacial score (nSPS) is 15.3. The summed E-state index contributed by atoms with van der Waals surface area (Å²) in [6.07, 6.45) is 1.39. The molecular formula is C25H32N2O2. The number of nitrogens with zero attached hydrogens (tertiary/aromatic N) is 1. The van der Waals surface area contributed by atoms with Crippen LogP contribution in [-0.2, 0) is 10.2 Å². The van der Waals surface area contributed by atoms with E-state index in [-0.39, 0.29) is 23.1 Å². The molecule has 2 amide bonds. The highest BCUT2D eigenvalue weighted by Gasteiger charge is 2.28. The number of amides is 2. The van der Waals surface area contributed by atoms with Gasteiger partial charge >= 0.3 is 0 Å². The molecule has 0 aliphatic carbocycles. The average Bonchev–Trinajstić information content (AvgIpc) is 2.70. The molecule has 2 aromatic carbocycles. The van der Waals surface area contributed by atoms with Crippen LogP contribution in [0.4, 0.5) is 5.69 Å². The van der Waals surface area contributed by atoms with Crippen LogP contribution in [0, 0.1) is 19.8 Å². The van der Waals surface area contributed by atoms with Crippen molar-refractivity contribution in [3.63, 3.8) is 0 Å². The molecule has 0 aromatic heterocycles. The van der Waals surface area contributed by atoms with Crippen LogP contribution in [0.15, 0.2) is 42.5 Å². The van der Waals surface area contributed by atoms with Gasteiger partial charge in [-0.3, -0.25) is 9.59 Å². The highest BCUT2D eigenvalue weighted by molar-refractivity contribution is 5.96. The van der Waals surface area contributed by atoms with Crippen LogP contribution in [-0.4, -0.2) is 29.8 Å². The second-order valence-corrected chi connectivity index (χ2v) is 9.15.